The van der Waals surface area contributed by atoms with E-state index in [1.807, 2.05) is 18.2 Å². The Labute approximate surface area is 162 Å². The summed E-state index contributed by atoms with van der Waals surface area (Å²) in [5.74, 6) is 1.89. The number of ether oxygens (including phenoxy) is 3. The molecule has 0 fully saturated rings. The van der Waals surface area contributed by atoms with Crippen molar-refractivity contribution in [1.29, 1.82) is 0 Å². The summed E-state index contributed by atoms with van der Waals surface area (Å²) in [5, 5.41) is 3.47. The molecule has 138 valence electrons. The van der Waals surface area contributed by atoms with Gasteiger partial charge < -0.3 is 19.5 Å². The maximum absolute atomic E-state index is 12.2. The first-order valence-corrected chi connectivity index (χ1v) is 9.07. The van der Waals surface area contributed by atoms with Crippen LogP contribution in [0.15, 0.2) is 54.1 Å². The number of fused-ring (bicyclic) bond motifs is 2. The minimum absolute atomic E-state index is 0.234. The van der Waals surface area contributed by atoms with Crippen molar-refractivity contribution in [3.05, 3.63) is 64.7 Å². The van der Waals surface area contributed by atoms with Gasteiger partial charge in [-0.05, 0) is 42.0 Å². The van der Waals surface area contributed by atoms with Gasteiger partial charge in [-0.25, -0.2) is 0 Å². The number of halogens is 1. The molecule has 0 bridgehead atoms. The lowest BCUT2D eigenvalue weighted by molar-refractivity contribution is -0.111. The zero-order valence-corrected chi connectivity index (χ0v) is 15.3. The number of hydrogen-bond donors (Lipinski definition) is 1. The Bertz CT molecular complexity index is 936. The largest absolute Gasteiger partial charge is 0.490 e. The molecule has 2 aliphatic rings. The Morgan fingerprint density at radius 2 is 1.81 bits per heavy atom. The normalized spacial score (nSPS) is 15.4. The Morgan fingerprint density at radius 3 is 2.70 bits per heavy atom. The van der Waals surface area contributed by atoms with Crippen LogP contribution >= 0.6 is 11.6 Å². The van der Waals surface area contributed by atoms with Crippen molar-refractivity contribution in [2.45, 2.75) is 6.42 Å². The molecule has 0 saturated carbocycles. The molecule has 0 atom stereocenters. The highest BCUT2D eigenvalue weighted by molar-refractivity contribution is 6.30. The van der Waals surface area contributed by atoms with Gasteiger partial charge in [-0.2, -0.15) is 0 Å². The third-order valence-electron chi connectivity index (χ3n) is 4.17. The van der Waals surface area contributed by atoms with E-state index in [2.05, 4.69) is 5.32 Å². The van der Waals surface area contributed by atoms with Gasteiger partial charge in [0.25, 0.3) is 0 Å². The van der Waals surface area contributed by atoms with Crippen LogP contribution in [-0.2, 0) is 4.79 Å². The highest BCUT2D eigenvalue weighted by atomic mass is 35.5. The molecule has 0 radical (unpaired) electrons. The minimum Gasteiger partial charge on any atom is -0.490 e. The average molecular weight is 384 g/mol. The first-order chi connectivity index (χ1) is 13.2. The van der Waals surface area contributed by atoms with E-state index in [1.54, 1.807) is 30.3 Å². The van der Waals surface area contributed by atoms with Gasteiger partial charge in [0.1, 0.15) is 12.4 Å². The van der Waals surface area contributed by atoms with Gasteiger partial charge in [0.2, 0.25) is 5.91 Å². The van der Waals surface area contributed by atoms with Crippen LogP contribution < -0.4 is 19.5 Å². The summed E-state index contributed by atoms with van der Waals surface area (Å²) in [6, 6.07) is 10.8. The summed E-state index contributed by atoms with van der Waals surface area (Å²) >= 11 is 6.02. The lowest BCUT2D eigenvalue weighted by atomic mass is 10.1. The maximum Gasteiger partial charge on any atom is 0.248 e. The topological polar surface area (TPSA) is 56.8 Å². The fourth-order valence-electron chi connectivity index (χ4n) is 2.87. The first kappa shape index (κ1) is 17.5. The molecule has 2 aromatic carbocycles. The molecule has 2 heterocycles. The monoisotopic (exact) mass is 383 g/mol. The Morgan fingerprint density at radius 1 is 1.00 bits per heavy atom. The van der Waals surface area contributed by atoms with Crippen molar-refractivity contribution in [3.8, 4) is 17.2 Å². The van der Waals surface area contributed by atoms with E-state index in [9.17, 15) is 4.79 Å². The van der Waals surface area contributed by atoms with E-state index < -0.39 is 0 Å². The number of benzene rings is 2. The average Bonchev–Trinajstić information content (AvgIpc) is 2.91. The van der Waals surface area contributed by atoms with Gasteiger partial charge in [-0.15, -0.1) is 0 Å². The molecule has 0 aromatic heterocycles. The van der Waals surface area contributed by atoms with Crippen LogP contribution in [0, 0.1) is 0 Å². The molecule has 5 nitrogen and oxygen atoms in total. The van der Waals surface area contributed by atoms with E-state index in [4.69, 9.17) is 25.8 Å². The summed E-state index contributed by atoms with van der Waals surface area (Å²) in [4.78, 5) is 12.2. The van der Waals surface area contributed by atoms with Crippen molar-refractivity contribution in [2.75, 3.05) is 25.1 Å². The highest BCUT2D eigenvalue weighted by Gasteiger charge is 2.12. The second kappa shape index (κ2) is 7.76. The molecule has 0 unspecified atom stereocenters. The van der Waals surface area contributed by atoms with Crippen LogP contribution in [0.3, 0.4) is 0 Å². The van der Waals surface area contributed by atoms with E-state index >= 15 is 0 Å². The molecule has 27 heavy (non-hydrogen) atoms. The zero-order chi connectivity index (χ0) is 18.6. The molecule has 2 aliphatic heterocycles. The predicted octanol–water partition coefficient (Wildman–Crippen LogP) is 4.47. The quantitative estimate of drug-likeness (QED) is 0.794. The zero-order valence-electron chi connectivity index (χ0n) is 14.5. The number of hydrogen-bond acceptors (Lipinski definition) is 4. The summed E-state index contributed by atoms with van der Waals surface area (Å²) in [5.41, 5.74) is 2.44. The van der Waals surface area contributed by atoms with Crippen LogP contribution in [-0.4, -0.2) is 25.7 Å². The minimum atomic E-state index is -0.234. The second-order valence-electron chi connectivity index (χ2n) is 6.22. The van der Waals surface area contributed by atoms with Crippen molar-refractivity contribution >= 4 is 29.3 Å². The molecular weight excluding hydrogens is 366 g/mol. The number of carbonyl (C=O) groups excluding carboxylic acids is 1. The van der Waals surface area contributed by atoms with Crippen molar-refractivity contribution < 1.29 is 19.0 Å². The molecular formula is C21H18ClNO4. The number of nitrogens with one attached hydrogen (secondary N) is 1. The Balaban J connectivity index is 1.43. The molecule has 4 rings (SSSR count). The highest BCUT2D eigenvalue weighted by Crippen LogP contribution is 2.32. The van der Waals surface area contributed by atoms with Crippen molar-refractivity contribution in [1.82, 2.24) is 0 Å². The number of rotatable bonds is 3. The summed E-state index contributed by atoms with van der Waals surface area (Å²) in [6.45, 7) is 1.64. The lowest BCUT2D eigenvalue weighted by Crippen LogP contribution is -2.10. The van der Waals surface area contributed by atoms with Crippen LogP contribution in [0.25, 0.3) is 6.08 Å². The number of anilines is 1. The van der Waals surface area contributed by atoms with E-state index in [1.165, 1.54) is 6.08 Å². The van der Waals surface area contributed by atoms with E-state index in [-0.39, 0.29) is 5.91 Å². The van der Waals surface area contributed by atoms with Crippen LogP contribution in [0.1, 0.15) is 12.0 Å². The smallest absolute Gasteiger partial charge is 0.248 e. The summed E-state index contributed by atoms with van der Waals surface area (Å²) in [6.07, 6.45) is 6.02. The number of carbonyl (C=O) groups is 1. The molecule has 1 N–H and O–H groups in total. The first-order valence-electron chi connectivity index (χ1n) is 8.69. The van der Waals surface area contributed by atoms with Crippen molar-refractivity contribution in [3.63, 3.8) is 0 Å². The standard InChI is InChI=1S/C21H18ClNO4/c22-16-3-5-18-15(11-16)10-14(13-27-18)2-7-21(24)23-17-4-6-19-20(12-17)26-9-1-8-25-19/h2-7,10-12H,1,8-9,13H2,(H,23,24)/b7-2+. The van der Waals surface area contributed by atoms with Gasteiger partial charge in [-0.3, -0.25) is 4.79 Å². The van der Waals surface area contributed by atoms with Gasteiger partial charge in [0, 0.05) is 34.8 Å². The third-order valence-corrected chi connectivity index (χ3v) is 4.41. The fraction of sp³-hybridized carbons (Fsp3) is 0.190. The third kappa shape index (κ3) is 4.26. The molecule has 0 spiro atoms. The summed E-state index contributed by atoms with van der Waals surface area (Å²) < 4.78 is 16.9. The van der Waals surface area contributed by atoms with Gasteiger partial charge in [-0.1, -0.05) is 17.7 Å². The molecule has 0 saturated heterocycles. The predicted molar refractivity (Wildman–Crippen MR) is 105 cm³/mol. The lowest BCUT2D eigenvalue weighted by Gasteiger charge is -2.16. The second-order valence-corrected chi connectivity index (χ2v) is 6.66. The molecule has 6 heteroatoms. The molecule has 0 aliphatic carbocycles. The molecule has 1 amide bonds. The van der Waals surface area contributed by atoms with Gasteiger partial charge >= 0.3 is 0 Å². The SMILES string of the molecule is O=C(/C=C/C1=Cc2cc(Cl)ccc2OC1)Nc1ccc2c(c1)OCCCO2. The number of amides is 1. The van der Waals surface area contributed by atoms with E-state index in [0.29, 0.717) is 42.0 Å². The van der Waals surface area contributed by atoms with Gasteiger partial charge in [0.15, 0.2) is 11.5 Å². The van der Waals surface area contributed by atoms with E-state index in [0.717, 1.165) is 23.3 Å². The fourth-order valence-corrected chi connectivity index (χ4v) is 3.05. The van der Waals surface area contributed by atoms with Crippen LogP contribution in [0.2, 0.25) is 5.02 Å². The Kier molecular flexibility index (Phi) is 5.03. The Hall–Kier alpha value is -2.92. The van der Waals surface area contributed by atoms with Crippen LogP contribution in [0.4, 0.5) is 5.69 Å². The van der Waals surface area contributed by atoms with Crippen molar-refractivity contribution in [2.24, 2.45) is 0 Å². The van der Waals surface area contributed by atoms with Gasteiger partial charge in [0.05, 0.1) is 13.2 Å². The van der Waals surface area contributed by atoms with Crippen LogP contribution in [0.5, 0.6) is 17.2 Å². The maximum atomic E-state index is 12.2. The molecule has 2 aromatic rings. The summed E-state index contributed by atoms with van der Waals surface area (Å²) in [7, 11) is 0.